The summed E-state index contributed by atoms with van der Waals surface area (Å²) < 4.78 is 41.3. The van der Waals surface area contributed by atoms with E-state index in [9.17, 15) is 17.6 Å². The molecule has 0 bridgehead atoms. The van der Waals surface area contributed by atoms with Crippen LogP contribution in [0.1, 0.15) is 18.9 Å². The zero-order valence-corrected chi connectivity index (χ0v) is 12.1. The maximum absolute atomic E-state index is 13.9. The summed E-state index contributed by atoms with van der Waals surface area (Å²) in [7, 11) is -3.30. The van der Waals surface area contributed by atoms with Crippen LogP contribution in [0, 0.1) is 5.82 Å². The number of ether oxygens (including phenoxy) is 1. The van der Waals surface area contributed by atoms with E-state index < -0.39 is 21.7 Å². The number of carbonyl (C=O) groups is 1. The Kier molecular flexibility index (Phi) is 3.99. The third-order valence-electron chi connectivity index (χ3n) is 3.10. The molecule has 2 rings (SSSR count). The topological polar surface area (TPSA) is 63.7 Å². The number of amides is 1. The second-order valence-electron chi connectivity index (χ2n) is 4.87. The van der Waals surface area contributed by atoms with Crippen molar-refractivity contribution in [3.8, 4) is 0 Å². The highest BCUT2D eigenvalue weighted by atomic mass is 32.2. The van der Waals surface area contributed by atoms with Gasteiger partial charge in [-0.05, 0) is 18.6 Å². The highest BCUT2D eigenvalue weighted by Gasteiger charge is 2.31. The molecule has 0 N–H and O–H groups in total. The molecule has 1 saturated heterocycles. The van der Waals surface area contributed by atoms with Crippen LogP contribution in [-0.2, 0) is 20.3 Å². The summed E-state index contributed by atoms with van der Waals surface area (Å²) in [6.45, 7) is 2.28. The lowest BCUT2D eigenvalue weighted by Crippen LogP contribution is -2.24. The van der Waals surface area contributed by atoms with Gasteiger partial charge in [-0.25, -0.2) is 17.6 Å². The number of hydrogen-bond donors (Lipinski definition) is 0. The minimum atomic E-state index is -3.30. The first-order valence-corrected chi connectivity index (χ1v) is 8.30. The molecule has 1 aliphatic heterocycles. The minimum Gasteiger partial charge on any atom is -0.444 e. The third kappa shape index (κ3) is 3.27. The van der Waals surface area contributed by atoms with Gasteiger partial charge in [0.05, 0.1) is 18.0 Å². The van der Waals surface area contributed by atoms with E-state index in [4.69, 9.17) is 4.74 Å². The number of benzene rings is 1. The Balaban J connectivity index is 2.23. The van der Waals surface area contributed by atoms with Crippen LogP contribution in [0.15, 0.2) is 18.2 Å². The molecular weight excluding hydrogens is 285 g/mol. The summed E-state index contributed by atoms with van der Waals surface area (Å²) in [5.74, 6) is -0.998. The van der Waals surface area contributed by atoms with Crippen molar-refractivity contribution in [2.75, 3.05) is 17.7 Å². The Morgan fingerprint density at radius 1 is 1.45 bits per heavy atom. The van der Waals surface area contributed by atoms with Gasteiger partial charge in [-0.2, -0.15) is 0 Å². The molecule has 0 saturated carbocycles. The highest BCUT2D eigenvalue weighted by Crippen LogP contribution is 2.25. The summed E-state index contributed by atoms with van der Waals surface area (Å²) in [5.41, 5.74) is 0.469. The van der Waals surface area contributed by atoms with E-state index in [-0.39, 0.29) is 17.4 Å². The summed E-state index contributed by atoms with van der Waals surface area (Å²) >= 11 is 0. The van der Waals surface area contributed by atoms with E-state index in [1.165, 1.54) is 23.1 Å². The van der Waals surface area contributed by atoms with Gasteiger partial charge in [-0.3, -0.25) is 4.90 Å². The van der Waals surface area contributed by atoms with Crippen molar-refractivity contribution in [3.05, 3.63) is 29.6 Å². The van der Waals surface area contributed by atoms with E-state index >= 15 is 0 Å². The van der Waals surface area contributed by atoms with Gasteiger partial charge in [0.25, 0.3) is 0 Å². The SMILES string of the molecule is CC[C@H]1CN(c2ccc(CS(C)(=O)=O)c(F)c2)C(=O)O1. The molecule has 7 heteroatoms. The van der Waals surface area contributed by atoms with Crippen molar-refractivity contribution in [2.24, 2.45) is 0 Å². The van der Waals surface area contributed by atoms with Crippen LogP contribution in [-0.4, -0.2) is 33.4 Å². The number of anilines is 1. The third-order valence-corrected chi connectivity index (χ3v) is 3.93. The number of cyclic esters (lactones) is 1. The van der Waals surface area contributed by atoms with Gasteiger partial charge in [-0.15, -0.1) is 0 Å². The summed E-state index contributed by atoms with van der Waals surface area (Å²) in [6, 6.07) is 4.08. The molecule has 1 aliphatic rings. The number of sulfone groups is 1. The number of halogens is 1. The normalized spacial score (nSPS) is 19.2. The number of nitrogens with zero attached hydrogens (tertiary/aromatic N) is 1. The van der Waals surface area contributed by atoms with Crippen molar-refractivity contribution in [2.45, 2.75) is 25.2 Å². The molecule has 5 nitrogen and oxygen atoms in total. The molecule has 1 aromatic carbocycles. The van der Waals surface area contributed by atoms with Gasteiger partial charge >= 0.3 is 6.09 Å². The molecule has 1 atom stereocenters. The first-order valence-electron chi connectivity index (χ1n) is 6.24. The molecule has 110 valence electrons. The lowest BCUT2D eigenvalue weighted by Gasteiger charge is -2.14. The predicted molar refractivity (Wildman–Crippen MR) is 72.9 cm³/mol. The second kappa shape index (κ2) is 5.40. The Morgan fingerprint density at radius 3 is 2.65 bits per heavy atom. The monoisotopic (exact) mass is 301 g/mol. The van der Waals surface area contributed by atoms with Gasteiger partial charge in [-0.1, -0.05) is 13.0 Å². The average molecular weight is 301 g/mol. The smallest absolute Gasteiger partial charge is 0.414 e. The van der Waals surface area contributed by atoms with Crippen molar-refractivity contribution in [1.82, 2.24) is 0 Å². The first kappa shape index (κ1) is 14.8. The molecule has 1 heterocycles. The molecular formula is C13H16FNO4S. The lowest BCUT2D eigenvalue weighted by atomic mass is 10.2. The van der Waals surface area contributed by atoms with Gasteiger partial charge < -0.3 is 4.74 Å². The maximum Gasteiger partial charge on any atom is 0.414 e. The van der Waals surface area contributed by atoms with Crippen molar-refractivity contribution in [3.63, 3.8) is 0 Å². The zero-order valence-electron chi connectivity index (χ0n) is 11.3. The van der Waals surface area contributed by atoms with Crippen LogP contribution in [0.3, 0.4) is 0 Å². The van der Waals surface area contributed by atoms with Crippen LogP contribution < -0.4 is 4.90 Å². The highest BCUT2D eigenvalue weighted by molar-refractivity contribution is 7.89. The van der Waals surface area contributed by atoms with Crippen LogP contribution in [0.25, 0.3) is 0 Å². The Bertz CT molecular complexity index is 629. The van der Waals surface area contributed by atoms with Gasteiger partial charge in [0.15, 0.2) is 9.84 Å². The molecule has 1 amide bonds. The summed E-state index contributed by atoms with van der Waals surface area (Å²) in [4.78, 5) is 13.0. The van der Waals surface area contributed by atoms with Crippen LogP contribution in [0.2, 0.25) is 0 Å². The molecule has 0 aliphatic carbocycles. The fraction of sp³-hybridized carbons (Fsp3) is 0.462. The van der Waals surface area contributed by atoms with Gasteiger partial charge in [0.1, 0.15) is 11.9 Å². The maximum atomic E-state index is 13.9. The van der Waals surface area contributed by atoms with E-state index in [0.29, 0.717) is 18.7 Å². The van der Waals surface area contributed by atoms with E-state index in [0.717, 1.165) is 6.26 Å². The number of carbonyl (C=O) groups excluding carboxylic acids is 1. The number of rotatable bonds is 4. The molecule has 1 fully saturated rings. The standard InChI is InChI=1S/C13H16FNO4S/c1-3-11-7-15(13(16)19-11)10-5-4-9(12(14)6-10)8-20(2,17)18/h4-6,11H,3,7-8H2,1-2H3/t11-/m0/s1. The van der Waals surface area contributed by atoms with Crippen molar-refractivity contribution in [1.29, 1.82) is 0 Å². The molecule has 0 radical (unpaired) electrons. The lowest BCUT2D eigenvalue weighted by molar-refractivity contribution is 0.139. The average Bonchev–Trinajstić information content (AvgIpc) is 2.72. The molecule has 1 aromatic rings. The first-order chi connectivity index (χ1) is 9.30. The van der Waals surface area contributed by atoms with Crippen molar-refractivity contribution < 1.29 is 22.3 Å². The quantitative estimate of drug-likeness (QED) is 0.854. The van der Waals surface area contributed by atoms with Gasteiger partial charge in [0.2, 0.25) is 0 Å². The van der Waals surface area contributed by atoms with Gasteiger partial charge in [0, 0.05) is 11.8 Å². The largest absolute Gasteiger partial charge is 0.444 e. The number of hydrogen-bond acceptors (Lipinski definition) is 4. The van der Waals surface area contributed by atoms with E-state index in [1.54, 1.807) is 0 Å². The Morgan fingerprint density at radius 2 is 2.15 bits per heavy atom. The van der Waals surface area contributed by atoms with Crippen LogP contribution in [0.5, 0.6) is 0 Å². The molecule has 0 unspecified atom stereocenters. The fourth-order valence-corrected chi connectivity index (χ4v) is 2.85. The second-order valence-corrected chi connectivity index (χ2v) is 7.01. The molecule has 0 aromatic heterocycles. The summed E-state index contributed by atoms with van der Waals surface area (Å²) in [6.07, 6.45) is 1.04. The Labute approximate surface area is 117 Å². The van der Waals surface area contributed by atoms with E-state index in [2.05, 4.69) is 0 Å². The van der Waals surface area contributed by atoms with Crippen molar-refractivity contribution >= 4 is 21.6 Å². The zero-order chi connectivity index (χ0) is 14.9. The van der Waals surface area contributed by atoms with E-state index in [1.807, 2.05) is 6.92 Å². The minimum absolute atomic E-state index is 0.0934. The van der Waals surface area contributed by atoms with Crippen LogP contribution >= 0.6 is 0 Å². The molecule has 0 spiro atoms. The van der Waals surface area contributed by atoms with Crippen LogP contribution in [0.4, 0.5) is 14.9 Å². The predicted octanol–water partition coefficient (Wildman–Crippen LogP) is 2.11. The molecule has 20 heavy (non-hydrogen) atoms. The Hall–Kier alpha value is -1.63. The summed E-state index contributed by atoms with van der Waals surface area (Å²) in [5, 5.41) is 0. The fourth-order valence-electron chi connectivity index (χ4n) is 2.05.